The Morgan fingerprint density at radius 3 is 2.58 bits per heavy atom. The van der Waals surface area contributed by atoms with Crippen molar-refractivity contribution < 1.29 is 9.59 Å². The van der Waals surface area contributed by atoms with Crippen molar-refractivity contribution in [2.45, 2.75) is 23.4 Å². The van der Waals surface area contributed by atoms with Gasteiger partial charge < -0.3 is 10.6 Å². The van der Waals surface area contributed by atoms with Crippen LogP contribution in [0, 0.1) is 0 Å². The van der Waals surface area contributed by atoms with Crippen molar-refractivity contribution in [1.82, 2.24) is 20.8 Å². The maximum absolute atomic E-state index is 12.5. The van der Waals surface area contributed by atoms with Crippen LogP contribution in [0.25, 0.3) is 0 Å². The lowest BCUT2D eigenvalue weighted by Crippen LogP contribution is -2.41. The van der Waals surface area contributed by atoms with E-state index in [0.29, 0.717) is 16.0 Å². The number of benzene rings is 1. The molecular formula is C15H19N5O2S2. The highest BCUT2D eigenvalue weighted by molar-refractivity contribution is 8.01. The van der Waals surface area contributed by atoms with Gasteiger partial charge in [-0.2, -0.15) is 0 Å². The largest absolute Gasteiger partial charge is 0.360 e. The molecule has 0 saturated carbocycles. The number of nitrogens with one attached hydrogen (secondary N) is 3. The first-order valence-corrected chi connectivity index (χ1v) is 9.21. The first-order valence-electron chi connectivity index (χ1n) is 7.51. The van der Waals surface area contributed by atoms with E-state index in [1.807, 2.05) is 37.3 Å². The molecule has 2 aromatic rings. The molecule has 9 heteroatoms. The summed E-state index contributed by atoms with van der Waals surface area (Å²) in [5.74, 6) is -0.391. The summed E-state index contributed by atoms with van der Waals surface area (Å²) in [5.41, 5.74) is 0.796. The Morgan fingerprint density at radius 1 is 1.17 bits per heavy atom. The molecule has 1 aromatic carbocycles. The van der Waals surface area contributed by atoms with Gasteiger partial charge in [0.15, 0.2) is 4.34 Å². The van der Waals surface area contributed by atoms with Crippen molar-refractivity contribution in [3.05, 3.63) is 35.9 Å². The average molecular weight is 365 g/mol. The highest BCUT2D eigenvalue weighted by Gasteiger charge is 2.25. The summed E-state index contributed by atoms with van der Waals surface area (Å²) < 4.78 is 0.658. The Balaban J connectivity index is 2.16. The number of urea groups is 1. The van der Waals surface area contributed by atoms with Gasteiger partial charge in [0.05, 0.1) is 0 Å². The van der Waals surface area contributed by atoms with E-state index in [-0.39, 0.29) is 0 Å². The third kappa shape index (κ3) is 5.20. The summed E-state index contributed by atoms with van der Waals surface area (Å²) in [7, 11) is 0. The number of thioether (sulfide) groups is 1. The van der Waals surface area contributed by atoms with Gasteiger partial charge in [-0.3, -0.25) is 10.1 Å². The molecule has 0 aliphatic rings. The van der Waals surface area contributed by atoms with E-state index in [2.05, 4.69) is 26.1 Å². The molecule has 0 spiro atoms. The van der Waals surface area contributed by atoms with E-state index in [0.717, 1.165) is 12.1 Å². The predicted molar refractivity (Wildman–Crippen MR) is 96.3 cm³/mol. The van der Waals surface area contributed by atoms with Crippen LogP contribution in [-0.4, -0.2) is 35.2 Å². The minimum absolute atomic E-state index is 0.391. The van der Waals surface area contributed by atoms with Crippen molar-refractivity contribution >= 4 is 40.2 Å². The van der Waals surface area contributed by atoms with Crippen LogP contribution in [-0.2, 0) is 4.79 Å². The molecule has 3 amide bonds. The monoisotopic (exact) mass is 365 g/mol. The number of carbonyl (C=O) groups excluding carboxylic acids is 2. The lowest BCUT2D eigenvalue weighted by atomic mass is 10.1. The van der Waals surface area contributed by atoms with Crippen LogP contribution in [0.5, 0.6) is 0 Å². The summed E-state index contributed by atoms with van der Waals surface area (Å²) >= 11 is 2.65. The number of aromatic nitrogens is 2. The summed E-state index contributed by atoms with van der Waals surface area (Å²) in [4.78, 5) is 24.2. The van der Waals surface area contributed by atoms with Gasteiger partial charge in [0, 0.05) is 13.1 Å². The Morgan fingerprint density at radius 2 is 1.92 bits per heavy atom. The van der Waals surface area contributed by atoms with Gasteiger partial charge in [-0.15, -0.1) is 10.2 Å². The predicted octanol–water partition coefficient (Wildman–Crippen LogP) is 2.65. The van der Waals surface area contributed by atoms with E-state index in [4.69, 9.17) is 0 Å². The van der Waals surface area contributed by atoms with Gasteiger partial charge in [-0.25, -0.2) is 4.79 Å². The number of carbonyl (C=O) groups is 2. The second-order valence-corrected chi connectivity index (χ2v) is 6.99. The number of rotatable bonds is 7. The van der Waals surface area contributed by atoms with Gasteiger partial charge in [0.1, 0.15) is 5.25 Å². The van der Waals surface area contributed by atoms with Crippen molar-refractivity contribution in [1.29, 1.82) is 0 Å². The molecular weight excluding hydrogens is 346 g/mol. The van der Waals surface area contributed by atoms with Crippen LogP contribution in [0.4, 0.5) is 9.93 Å². The van der Waals surface area contributed by atoms with Gasteiger partial charge in [0.25, 0.3) is 0 Å². The Hall–Kier alpha value is -2.13. The molecule has 2 rings (SSSR count). The summed E-state index contributed by atoms with van der Waals surface area (Å²) in [5, 5.41) is 16.2. The smallest absolute Gasteiger partial charge is 0.321 e. The highest BCUT2D eigenvalue weighted by atomic mass is 32.2. The number of hydrogen-bond donors (Lipinski definition) is 3. The second-order valence-electron chi connectivity index (χ2n) is 4.66. The maximum atomic E-state index is 12.5. The zero-order valence-corrected chi connectivity index (χ0v) is 15.0. The molecule has 0 aliphatic heterocycles. The maximum Gasteiger partial charge on any atom is 0.321 e. The number of hydrogen-bond acceptors (Lipinski definition) is 7. The Labute approximate surface area is 148 Å². The van der Waals surface area contributed by atoms with Crippen molar-refractivity contribution in [3.63, 3.8) is 0 Å². The van der Waals surface area contributed by atoms with Gasteiger partial charge >= 0.3 is 6.03 Å². The molecule has 0 fully saturated rings. The summed E-state index contributed by atoms with van der Waals surface area (Å²) in [6.45, 7) is 4.96. The second kappa shape index (κ2) is 9.24. The van der Waals surface area contributed by atoms with E-state index >= 15 is 0 Å². The molecule has 1 aromatic heterocycles. The zero-order valence-electron chi connectivity index (χ0n) is 13.4. The molecule has 128 valence electrons. The van der Waals surface area contributed by atoms with E-state index in [9.17, 15) is 9.59 Å². The normalized spacial score (nSPS) is 11.6. The molecule has 0 bridgehead atoms. The molecule has 3 N–H and O–H groups in total. The van der Waals surface area contributed by atoms with Crippen molar-refractivity contribution in [2.24, 2.45) is 0 Å². The quantitative estimate of drug-likeness (QED) is 0.653. The molecule has 7 nitrogen and oxygen atoms in total. The van der Waals surface area contributed by atoms with Crippen LogP contribution in [0.15, 0.2) is 34.7 Å². The third-order valence-corrected chi connectivity index (χ3v) is 5.09. The first-order chi connectivity index (χ1) is 11.6. The summed E-state index contributed by atoms with van der Waals surface area (Å²) in [6.07, 6.45) is 0. The lowest BCUT2D eigenvalue weighted by Gasteiger charge is -2.15. The number of nitrogens with zero attached hydrogens (tertiary/aromatic N) is 2. The Kier molecular flexibility index (Phi) is 7.01. The molecule has 1 atom stereocenters. The van der Waals surface area contributed by atoms with E-state index in [1.165, 1.54) is 23.1 Å². The highest BCUT2D eigenvalue weighted by Crippen LogP contribution is 2.37. The topological polar surface area (TPSA) is 96.0 Å². The molecule has 0 unspecified atom stereocenters. The van der Waals surface area contributed by atoms with Crippen LogP contribution >= 0.6 is 23.1 Å². The van der Waals surface area contributed by atoms with Gasteiger partial charge in [-0.1, -0.05) is 53.4 Å². The van der Waals surface area contributed by atoms with Crippen LogP contribution in [0.1, 0.15) is 24.7 Å². The first kappa shape index (κ1) is 18.2. The minimum atomic E-state index is -0.587. The fourth-order valence-electron chi connectivity index (χ4n) is 1.86. The SMILES string of the molecule is CCNC(=O)NC(=O)[C@H](Sc1nnc(NCC)s1)c1ccccc1. The number of imide groups is 1. The fraction of sp³-hybridized carbons (Fsp3) is 0.333. The number of anilines is 1. The standard InChI is InChI=1S/C15H19N5O2S2/c1-3-16-13(22)18-12(21)11(10-8-6-5-7-9-10)23-15-20-19-14(24-15)17-4-2/h5-9,11H,3-4H2,1-2H3,(H,17,19)(H2,16,18,21,22)/t11-/m1/s1. The molecule has 0 saturated heterocycles. The lowest BCUT2D eigenvalue weighted by molar-refractivity contribution is -0.119. The van der Waals surface area contributed by atoms with E-state index in [1.54, 1.807) is 6.92 Å². The van der Waals surface area contributed by atoms with Crippen LogP contribution < -0.4 is 16.0 Å². The van der Waals surface area contributed by atoms with Gasteiger partial charge in [0.2, 0.25) is 11.0 Å². The fourth-order valence-corrected chi connectivity index (χ4v) is 3.88. The summed E-state index contributed by atoms with van der Waals surface area (Å²) in [6, 6.07) is 8.78. The minimum Gasteiger partial charge on any atom is -0.360 e. The van der Waals surface area contributed by atoms with Crippen LogP contribution in [0.2, 0.25) is 0 Å². The van der Waals surface area contributed by atoms with Gasteiger partial charge in [-0.05, 0) is 19.4 Å². The number of amides is 3. The van der Waals surface area contributed by atoms with E-state index < -0.39 is 17.2 Å². The van der Waals surface area contributed by atoms with Crippen molar-refractivity contribution in [3.8, 4) is 0 Å². The molecule has 24 heavy (non-hydrogen) atoms. The zero-order chi connectivity index (χ0) is 17.4. The Bertz CT molecular complexity index is 678. The molecule has 1 heterocycles. The average Bonchev–Trinajstić information content (AvgIpc) is 3.01. The van der Waals surface area contributed by atoms with Crippen molar-refractivity contribution in [2.75, 3.05) is 18.4 Å². The molecule has 0 aliphatic carbocycles. The third-order valence-electron chi connectivity index (χ3n) is 2.87. The van der Waals surface area contributed by atoms with Crippen LogP contribution in [0.3, 0.4) is 0 Å². The molecule has 0 radical (unpaired) electrons.